The SMILES string of the molecule is Cc1ncncc1Cc1ccccc1F. The summed E-state index contributed by atoms with van der Waals surface area (Å²) in [6.07, 6.45) is 3.77. The van der Waals surface area contributed by atoms with Crippen molar-refractivity contribution >= 4 is 0 Å². The van der Waals surface area contributed by atoms with Crippen molar-refractivity contribution in [2.75, 3.05) is 0 Å². The first-order valence-corrected chi connectivity index (χ1v) is 4.76. The number of hydrogen-bond donors (Lipinski definition) is 0. The number of rotatable bonds is 2. The van der Waals surface area contributed by atoms with Crippen LogP contribution in [-0.4, -0.2) is 9.97 Å². The first kappa shape index (κ1) is 9.77. The summed E-state index contributed by atoms with van der Waals surface area (Å²) < 4.78 is 13.4. The predicted molar refractivity (Wildman–Crippen MR) is 56.0 cm³/mol. The fourth-order valence-corrected chi connectivity index (χ4v) is 1.44. The number of aromatic nitrogens is 2. The third-order valence-corrected chi connectivity index (χ3v) is 2.35. The highest BCUT2D eigenvalue weighted by Gasteiger charge is 2.04. The highest BCUT2D eigenvalue weighted by molar-refractivity contribution is 5.27. The highest BCUT2D eigenvalue weighted by Crippen LogP contribution is 2.13. The summed E-state index contributed by atoms with van der Waals surface area (Å²) in [7, 11) is 0. The average molecular weight is 202 g/mol. The molecule has 2 rings (SSSR count). The Hall–Kier alpha value is -1.77. The molecule has 0 fully saturated rings. The van der Waals surface area contributed by atoms with Gasteiger partial charge in [0.2, 0.25) is 0 Å². The monoisotopic (exact) mass is 202 g/mol. The molecule has 76 valence electrons. The maximum atomic E-state index is 13.4. The normalized spacial score (nSPS) is 10.3. The zero-order valence-corrected chi connectivity index (χ0v) is 8.44. The summed E-state index contributed by atoms with van der Waals surface area (Å²) in [6, 6.07) is 6.76. The molecule has 1 heterocycles. The van der Waals surface area contributed by atoms with Gasteiger partial charge in [0.1, 0.15) is 12.1 Å². The van der Waals surface area contributed by atoms with Gasteiger partial charge < -0.3 is 0 Å². The van der Waals surface area contributed by atoms with Crippen LogP contribution in [0, 0.1) is 12.7 Å². The van der Waals surface area contributed by atoms with Gasteiger partial charge in [0.15, 0.2) is 0 Å². The molecule has 0 saturated carbocycles. The smallest absolute Gasteiger partial charge is 0.126 e. The van der Waals surface area contributed by atoms with Crippen LogP contribution >= 0.6 is 0 Å². The lowest BCUT2D eigenvalue weighted by Crippen LogP contribution is -1.97. The van der Waals surface area contributed by atoms with E-state index in [2.05, 4.69) is 9.97 Å². The van der Waals surface area contributed by atoms with Crippen LogP contribution in [0.15, 0.2) is 36.8 Å². The number of halogens is 1. The summed E-state index contributed by atoms with van der Waals surface area (Å²) >= 11 is 0. The van der Waals surface area contributed by atoms with E-state index in [1.54, 1.807) is 18.3 Å². The van der Waals surface area contributed by atoms with Crippen molar-refractivity contribution in [1.82, 2.24) is 9.97 Å². The average Bonchev–Trinajstić information content (AvgIpc) is 2.24. The Morgan fingerprint density at radius 1 is 1.20 bits per heavy atom. The van der Waals surface area contributed by atoms with Gasteiger partial charge in [-0.25, -0.2) is 14.4 Å². The molecule has 0 aliphatic carbocycles. The predicted octanol–water partition coefficient (Wildman–Crippen LogP) is 2.51. The summed E-state index contributed by atoms with van der Waals surface area (Å²) in [5.41, 5.74) is 2.53. The van der Waals surface area contributed by atoms with E-state index in [4.69, 9.17) is 0 Å². The molecular weight excluding hydrogens is 191 g/mol. The van der Waals surface area contributed by atoms with Gasteiger partial charge >= 0.3 is 0 Å². The molecule has 1 aromatic carbocycles. The van der Waals surface area contributed by atoms with E-state index in [-0.39, 0.29) is 5.82 Å². The third kappa shape index (κ3) is 2.18. The van der Waals surface area contributed by atoms with Crippen LogP contribution < -0.4 is 0 Å². The Balaban J connectivity index is 2.30. The number of hydrogen-bond acceptors (Lipinski definition) is 2. The lowest BCUT2D eigenvalue weighted by atomic mass is 10.1. The first-order chi connectivity index (χ1) is 7.27. The molecule has 0 aliphatic heterocycles. The van der Waals surface area contributed by atoms with Crippen LogP contribution in [-0.2, 0) is 6.42 Å². The quantitative estimate of drug-likeness (QED) is 0.747. The Morgan fingerprint density at radius 2 is 2.00 bits per heavy atom. The van der Waals surface area contributed by atoms with Gasteiger partial charge in [-0.1, -0.05) is 18.2 Å². The van der Waals surface area contributed by atoms with Gasteiger partial charge in [-0.2, -0.15) is 0 Å². The molecule has 0 aliphatic rings. The van der Waals surface area contributed by atoms with Crippen LogP contribution in [0.5, 0.6) is 0 Å². The van der Waals surface area contributed by atoms with Gasteiger partial charge in [0, 0.05) is 18.3 Å². The van der Waals surface area contributed by atoms with Crippen LogP contribution in [0.2, 0.25) is 0 Å². The van der Waals surface area contributed by atoms with E-state index in [1.165, 1.54) is 12.4 Å². The van der Waals surface area contributed by atoms with Crippen LogP contribution in [0.4, 0.5) is 4.39 Å². The number of nitrogens with zero attached hydrogens (tertiary/aromatic N) is 2. The molecule has 0 atom stereocenters. The van der Waals surface area contributed by atoms with Crippen molar-refractivity contribution in [2.45, 2.75) is 13.3 Å². The van der Waals surface area contributed by atoms with E-state index in [0.29, 0.717) is 12.0 Å². The van der Waals surface area contributed by atoms with E-state index in [1.807, 2.05) is 13.0 Å². The minimum atomic E-state index is -0.180. The van der Waals surface area contributed by atoms with Gasteiger partial charge in [-0.15, -0.1) is 0 Å². The molecule has 0 spiro atoms. The summed E-state index contributed by atoms with van der Waals surface area (Å²) in [6.45, 7) is 1.90. The second-order valence-corrected chi connectivity index (χ2v) is 3.40. The van der Waals surface area contributed by atoms with E-state index in [0.717, 1.165) is 11.3 Å². The lowest BCUT2D eigenvalue weighted by Gasteiger charge is -2.04. The summed E-state index contributed by atoms with van der Waals surface area (Å²) in [5.74, 6) is -0.180. The van der Waals surface area contributed by atoms with E-state index >= 15 is 0 Å². The molecular formula is C12H11FN2. The Morgan fingerprint density at radius 3 is 2.73 bits per heavy atom. The molecule has 0 saturated heterocycles. The highest BCUT2D eigenvalue weighted by atomic mass is 19.1. The van der Waals surface area contributed by atoms with Crippen molar-refractivity contribution in [1.29, 1.82) is 0 Å². The van der Waals surface area contributed by atoms with Crippen molar-refractivity contribution in [3.05, 3.63) is 59.4 Å². The van der Waals surface area contributed by atoms with E-state index in [9.17, 15) is 4.39 Å². The van der Waals surface area contributed by atoms with Crippen molar-refractivity contribution < 1.29 is 4.39 Å². The largest absolute Gasteiger partial charge is 0.245 e. The fourth-order valence-electron chi connectivity index (χ4n) is 1.44. The Kier molecular flexibility index (Phi) is 2.72. The van der Waals surface area contributed by atoms with Gasteiger partial charge in [0.25, 0.3) is 0 Å². The fraction of sp³-hybridized carbons (Fsp3) is 0.167. The maximum Gasteiger partial charge on any atom is 0.126 e. The standard InChI is InChI=1S/C12H11FN2/c1-9-11(7-14-8-15-9)6-10-4-2-3-5-12(10)13/h2-5,7-8H,6H2,1H3. The zero-order valence-electron chi connectivity index (χ0n) is 8.44. The second kappa shape index (κ2) is 4.17. The third-order valence-electron chi connectivity index (χ3n) is 2.35. The van der Waals surface area contributed by atoms with Crippen LogP contribution in [0.25, 0.3) is 0 Å². The summed E-state index contributed by atoms with van der Waals surface area (Å²) in [5, 5.41) is 0. The molecule has 2 nitrogen and oxygen atoms in total. The topological polar surface area (TPSA) is 25.8 Å². The maximum absolute atomic E-state index is 13.4. The molecule has 3 heteroatoms. The van der Waals surface area contributed by atoms with Gasteiger partial charge in [-0.05, 0) is 24.1 Å². The minimum absolute atomic E-state index is 0.180. The molecule has 0 N–H and O–H groups in total. The molecule has 1 aromatic heterocycles. The Bertz CT molecular complexity index is 425. The molecule has 15 heavy (non-hydrogen) atoms. The van der Waals surface area contributed by atoms with Gasteiger partial charge in [0.05, 0.1) is 0 Å². The van der Waals surface area contributed by atoms with E-state index < -0.39 is 0 Å². The molecule has 0 bridgehead atoms. The molecule has 2 aromatic rings. The molecule has 0 unspecified atom stereocenters. The van der Waals surface area contributed by atoms with Gasteiger partial charge in [-0.3, -0.25) is 0 Å². The minimum Gasteiger partial charge on any atom is -0.245 e. The van der Waals surface area contributed by atoms with Crippen molar-refractivity contribution in [3.8, 4) is 0 Å². The number of benzene rings is 1. The first-order valence-electron chi connectivity index (χ1n) is 4.76. The van der Waals surface area contributed by atoms with Crippen LogP contribution in [0.1, 0.15) is 16.8 Å². The lowest BCUT2D eigenvalue weighted by molar-refractivity contribution is 0.613. The van der Waals surface area contributed by atoms with Crippen molar-refractivity contribution in [3.63, 3.8) is 0 Å². The second-order valence-electron chi connectivity index (χ2n) is 3.40. The van der Waals surface area contributed by atoms with Crippen molar-refractivity contribution in [2.24, 2.45) is 0 Å². The number of aryl methyl sites for hydroxylation is 1. The molecule has 0 radical (unpaired) electrons. The molecule has 0 amide bonds. The van der Waals surface area contributed by atoms with Crippen LogP contribution in [0.3, 0.4) is 0 Å². The Labute approximate surface area is 87.8 Å². The zero-order chi connectivity index (χ0) is 10.7. The summed E-state index contributed by atoms with van der Waals surface area (Å²) in [4.78, 5) is 8.01.